The molecule has 1 N–H and O–H groups in total. The molecule has 0 unspecified atom stereocenters. The number of rotatable bonds is 9. The molecule has 0 aliphatic heterocycles. The van der Waals surface area contributed by atoms with Crippen LogP contribution in [0.2, 0.25) is 5.02 Å². The summed E-state index contributed by atoms with van der Waals surface area (Å²) in [7, 11) is 1.61. The summed E-state index contributed by atoms with van der Waals surface area (Å²) in [6.07, 6.45) is 1.58. The molecular weight excluding hydrogens is 448 g/mol. The van der Waals surface area contributed by atoms with E-state index >= 15 is 0 Å². The fourth-order valence-electron chi connectivity index (χ4n) is 3.18. The molecule has 9 heteroatoms. The summed E-state index contributed by atoms with van der Waals surface area (Å²) in [5, 5.41) is 12.8. The van der Waals surface area contributed by atoms with Gasteiger partial charge in [0.05, 0.1) is 18.5 Å². The van der Waals surface area contributed by atoms with Crippen LogP contribution in [0.1, 0.15) is 27.5 Å². The summed E-state index contributed by atoms with van der Waals surface area (Å²) >= 11 is 7.68. The average molecular weight is 469 g/mol. The van der Waals surface area contributed by atoms with E-state index in [2.05, 4.69) is 15.5 Å². The van der Waals surface area contributed by atoms with Gasteiger partial charge < -0.3 is 14.5 Å². The molecule has 2 heterocycles. The number of halogens is 1. The maximum atomic E-state index is 12.8. The molecule has 1 amide bonds. The second-order valence-electron chi connectivity index (χ2n) is 6.85. The van der Waals surface area contributed by atoms with Crippen molar-refractivity contribution in [3.05, 3.63) is 94.7 Å². The first-order valence-electron chi connectivity index (χ1n) is 9.86. The lowest BCUT2D eigenvalue weighted by atomic mass is 10.1. The van der Waals surface area contributed by atoms with Gasteiger partial charge in [0, 0.05) is 23.4 Å². The van der Waals surface area contributed by atoms with Crippen molar-refractivity contribution in [2.45, 2.75) is 24.1 Å². The van der Waals surface area contributed by atoms with Crippen LogP contribution in [0.3, 0.4) is 0 Å². The standard InChI is InChI=1S/C23H21ClN4O3S/c1-30-14-21-26-27-23(28(21)18-8-4-7-17(24)12-18)32-15-16-6-2-3-10-20(16)22(29)25-13-19-9-5-11-31-19/h2-12H,13-15H2,1H3,(H,25,29). The molecule has 32 heavy (non-hydrogen) atoms. The Hall–Kier alpha value is -3.07. The molecule has 0 saturated carbocycles. The normalized spacial score (nSPS) is 10.9. The topological polar surface area (TPSA) is 82.2 Å². The van der Waals surface area contributed by atoms with Gasteiger partial charge in [-0.1, -0.05) is 47.6 Å². The van der Waals surface area contributed by atoms with Gasteiger partial charge in [0.25, 0.3) is 5.91 Å². The minimum atomic E-state index is -0.158. The van der Waals surface area contributed by atoms with Crippen molar-refractivity contribution < 1.29 is 13.9 Å². The van der Waals surface area contributed by atoms with E-state index in [9.17, 15) is 4.79 Å². The number of nitrogens with zero attached hydrogens (tertiary/aromatic N) is 3. The number of amides is 1. The number of ether oxygens (including phenoxy) is 1. The molecule has 7 nitrogen and oxygen atoms in total. The van der Waals surface area contributed by atoms with Crippen LogP contribution in [0.15, 0.2) is 76.5 Å². The Morgan fingerprint density at radius 3 is 2.81 bits per heavy atom. The van der Waals surface area contributed by atoms with Crippen LogP contribution in [0.4, 0.5) is 0 Å². The Balaban J connectivity index is 1.54. The van der Waals surface area contributed by atoms with Gasteiger partial charge in [0.2, 0.25) is 0 Å². The monoisotopic (exact) mass is 468 g/mol. The highest BCUT2D eigenvalue weighted by Gasteiger charge is 2.17. The molecule has 164 valence electrons. The van der Waals surface area contributed by atoms with Crippen LogP contribution >= 0.6 is 23.4 Å². The van der Waals surface area contributed by atoms with Crippen molar-refractivity contribution in [3.63, 3.8) is 0 Å². The second kappa shape index (κ2) is 10.5. The van der Waals surface area contributed by atoms with E-state index < -0.39 is 0 Å². The number of hydrogen-bond acceptors (Lipinski definition) is 6. The minimum Gasteiger partial charge on any atom is -0.467 e. The fourth-order valence-corrected chi connectivity index (χ4v) is 4.34. The van der Waals surface area contributed by atoms with Crippen molar-refractivity contribution >= 4 is 29.3 Å². The highest BCUT2D eigenvalue weighted by molar-refractivity contribution is 7.98. The van der Waals surface area contributed by atoms with Gasteiger partial charge in [-0.3, -0.25) is 9.36 Å². The molecule has 0 spiro atoms. The van der Waals surface area contributed by atoms with Gasteiger partial charge in [-0.25, -0.2) is 0 Å². The Labute approximate surface area is 194 Å². The van der Waals surface area contributed by atoms with Crippen LogP contribution in [0.5, 0.6) is 0 Å². The number of carbonyl (C=O) groups excluding carboxylic acids is 1. The first kappa shape index (κ1) is 22.1. The molecule has 0 saturated heterocycles. The van der Waals surface area contributed by atoms with E-state index in [0.717, 1.165) is 11.3 Å². The second-order valence-corrected chi connectivity index (χ2v) is 8.23. The van der Waals surface area contributed by atoms with E-state index in [4.69, 9.17) is 20.8 Å². The van der Waals surface area contributed by atoms with Crippen molar-refractivity contribution in [1.29, 1.82) is 0 Å². The first-order valence-corrected chi connectivity index (χ1v) is 11.2. The summed E-state index contributed by atoms with van der Waals surface area (Å²) in [6.45, 7) is 0.641. The third-order valence-electron chi connectivity index (χ3n) is 4.66. The summed E-state index contributed by atoms with van der Waals surface area (Å²) in [5.74, 6) is 1.75. The summed E-state index contributed by atoms with van der Waals surface area (Å²) in [5.41, 5.74) is 2.35. The van der Waals surface area contributed by atoms with E-state index in [-0.39, 0.29) is 5.91 Å². The quantitative estimate of drug-likeness (QED) is 0.352. The van der Waals surface area contributed by atoms with Crippen LogP contribution in [0.25, 0.3) is 5.69 Å². The van der Waals surface area contributed by atoms with Crippen molar-refractivity contribution in [2.75, 3.05) is 7.11 Å². The zero-order valence-electron chi connectivity index (χ0n) is 17.3. The predicted octanol–water partition coefficient (Wildman–Crippen LogP) is 4.88. The van der Waals surface area contributed by atoms with E-state index in [1.165, 1.54) is 11.8 Å². The van der Waals surface area contributed by atoms with E-state index in [1.54, 1.807) is 19.4 Å². The number of furan rings is 1. The van der Waals surface area contributed by atoms with Gasteiger partial charge in [0.1, 0.15) is 12.4 Å². The SMILES string of the molecule is COCc1nnc(SCc2ccccc2C(=O)NCc2ccco2)n1-c1cccc(Cl)c1. The summed E-state index contributed by atoms with van der Waals surface area (Å²) in [4.78, 5) is 12.8. The van der Waals surface area contributed by atoms with E-state index in [1.807, 2.05) is 59.2 Å². The smallest absolute Gasteiger partial charge is 0.251 e. The average Bonchev–Trinajstić information content (AvgIpc) is 3.46. The van der Waals surface area contributed by atoms with Crippen LogP contribution in [-0.4, -0.2) is 27.8 Å². The molecule has 0 fully saturated rings. The lowest BCUT2D eigenvalue weighted by molar-refractivity contribution is 0.0947. The predicted molar refractivity (Wildman–Crippen MR) is 123 cm³/mol. The number of hydrogen-bond donors (Lipinski definition) is 1. The molecule has 0 aliphatic rings. The van der Waals surface area contributed by atoms with Gasteiger partial charge in [-0.2, -0.15) is 0 Å². The van der Waals surface area contributed by atoms with Crippen LogP contribution in [0, 0.1) is 0 Å². The van der Waals surface area contributed by atoms with Gasteiger partial charge >= 0.3 is 0 Å². The van der Waals surface area contributed by atoms with Gasteiger partial charge in [-0.05, 0) is 42.0 Å². The summed E-state index contributed by atoms with van der Waals surface area (Å²) < 4.78 is 12.5. The number of aromatic nitrogens is 3. The first-order chi connectivity index (χ1) is 15.7. The lowest BCUT2D eigenvalue weighted by Crippen LogP contribution is -2.23. The molecule has 2 aromatic carbocycles. The number of nitrogens with one attached hydrogen (secondary N) is 1. The number of thioether (sulfide) groups is 1. The molecule has 2 aromatic heterocycles. The highest BCUT2D eigenvalue weighted by atomic mass is 35.5. The minimum absolute atomic E-state index is 0.158. The van der Waals surface area contributed by atoms with Gasteiger partial charge in [0.15, 0.2) is 11.0 Å². The molecule has 0 atom stereocenters. The van der Waals surface area contributed by atoms with Crippen LogP contribution in [-0.2, 0) is 23.6 Å². The fraction of sp³-hybridized carbons (Fsp3) is 0.174. The third-order valence-corrected chi connectivity index (χ3v) is 5.88. The molecule has 4 aromatic rings. The Bertz CT molecular complexity index is 1190. The Kier molecular flexibility index (Phi) is 7.26. The number of benzene rings is 2. The number of carbonyl (C=O) groups is 1. The maximum Gasteiger partial charge on any atom is 0.251 e. The maximum absolute atomic E-state index is 12.8. The third kappa shape index (κ3) is 5.21. The van der Waals surface area contributed by atoms with E-state index in [0.29, 0.717) is 46.2 Å². The van der Waals surface area contributed by atoms with Crippen molar-refractivity contribution in [2.24, 2.45) is 0 Å². The zero-order chi connectivity index (χ0) is 22.3. The number of methoxy groups -OCH3 is 1. The molecule has 4 rings (SSSR count). The van der Waals surface area contributed by atoms with Crippen molar-refractivity contribution in [3.8, 4) is 5.69 Å². The van der Waals surface area contributed by atoms with Crippen molar-refractivity contribution in [1.82, 2.24) is 20.1 Å². The van der Waals surface area contributed by atoms with Gasteiger partial charge in [-0.15, -0.1) is 10.2 Å². The zero-order valence-corrected chi connectivity index (χ0v) is 18.9. The molecule has 0 radical (unpaired) electrons. The molecule has 0 bridgehead atoms. The largest absolute Gasteiger partial charge is 0.467 e. The Morgan fingerprint density at radius 2 is 2.03 bits per heavy atom. The Morgan fingerprint density at radius 1 is 1.16 bits per heavy atom. The van der Waals surface area contributed by atoms with Crippen LogP contribution < -0.4 is 5.32 Å². The highest BCUT2D eigenvalue weighted by Crippen LogP contribution is 2.28. The lowest BCUT2D eigenvalue weighted by Gasteiger charge is -2.12. The summed E-state index contributed by atoms with van der Waals surface area (Å²) in [6, 6.07) is 18.6. The molecular formula is C23H21ClN4O3S. The molecule has 0 aliphatic carbocycles.